The highest BCUT2D eigenvalue weighted by Crippen LogP contribution is 2.26. The molecule has 0 aliphatic rings. The van der Waals surface area contributed by atoms with Crippen molar-refractivity contribution in [2.45, 2.75) is 103 Å². The molecular weight excluding hydrogens is 620 g/mol. The van der Waals surface area contributed by atoms with Crippen molar-refractivity contribution in [3.05, 3.63) is 54.1 Å². The number of carbonyl (C=O) groups excluding carboxylic acids is 3. The van der Waals surface area contributed by atoms with Crippen LogP contribution in [0, 0.1) is 0 Å². The Morgan fingerprint density at radius 2 is 1.41 bits per heavy atom. The molecule has 0 aliphatic carbocycles. The summed E-state index contributed by atoms with van der Waals surface area (Å²) in [6, 6.07) is 11.8. The van der Waals surface area contributed by atoms with E-state index in [4.69, 9.17) is 18.9 Å². The van der Waals surface area contributed by atoms with E-state index in [0.717, 1.165) is 34.9 Å². The molecule has 0 saturated carbocycles. The van der Waals surface area contributed by atoms with Gasteiger partial charge in [-0.05, 0) is 94.4 Å². The molecule has 274 valence electrons. The molecule has 9 heteroatoms. The number of likely N-dealkylation sites (N-methyl/N-ethyl adjacent to an activating group) is 1. The van der Waals surface area contributed by atoms with Gasteiger partial charge in [-0.15, -0.1) is 0 Å². The van der Waals surface area contributed by atoms with Gasteiger partial charge in [0.25, 0.3) is 0 Å². The van der Waals surface area contributed by atoms with E-state index in [-0.39, 0.29) is 24.6 Å². The maximum atomic E-state index is 12.8. The van der Waals surface area contributed by atoms with Crippen molar-refractivity contribution in [1.82, 2.24) is 9.80 Å². The number of ether oxygens (including phenoxy) is 4. The number of hydrogen-bond donors (Lipinski definition) is 0. The largest absolute Gasteiger partial charge is 0.497 e. The molecule has 2 aromatic carbocycles. The summed E-state index contributed by atoms with van der Waals surface area (Å²) in [4.78, 5) is 41.5. The first-order chi connectivity index (χ1) is 23.7. The zero-order valence-electron chi connectivity index (χ0n) is 30.9. The van der Waals surface area contributed by atoms with Gasteiger partial charge in [0.2, 0.25) is 0 Å². The van der Waals surface area contributed by atoms with Crippen LogP contribution in [0.3, 0.4) is 0 Å². The summed E-state index contributed by atoms with van der Waals surface area (Å²) in [5.74, 6) is -0.0816. The number of benzene rings is 2. The van der Waals surface area contributed by atoms with E-state index in [2.05, 4.69) is 19.1 Å². The predicted octanol–water partition coefficient (Wildman–Crippen LogP) is 8.69. The van der Waals surface area contributed by atoms with Crippen molar-refractivity contribution in [1.29, 1.82) is 0 Å². The van der Waals surface area contributed by atoms with Crippen LogP contribution in [0.5, 0.6) is 5.75 Å². The zero-order valence-corrected chi connectivity index (χ0v) is 30.9. The number of fused-ring (bicyclic) bond motifs is 1. The average molecular weight is 683 g/mol. The molecule has 0 heterocycles. The minimum atomic E-state index is -0.396. The van der Waals surface area contributed by atoms with Crippen LogP contribution in [0.2, 0.25) is 0 Å². The standard InChI is InChI=1S/C40H62N2O7/c1-6-7-8-9-10-11-12-13-14-18-28-47-38(43)20-15-16-25-42(40(45)49-30-27-41(3)4)26-17-19-29-48-39(44)33(2)34-21-22-36-32-37(46-5)24-23-35(36)31-34/h13-14,21-24,31-33H,6-12,15-20,25-30H2,1-5H3/b14-13+. The van der Waals surface area contributed by atoms with Gasteiger partial charge in [-0.2, -0.15) is 0 Å². The number of carbonyl (C=O) groups is 3. The van der Waals surface area contributed by atoms with E-state index in [1.165, 1.54) is 38.5 Å². The molecule has 0 aliphatic heterocycles. The first-order valence-electron chi connectivity index (χ1n) is 18.4. The van der Waals surface area contributed by atoms with Gasteiger partial charge in [0.1, 0.15) is 12.4 Å². The smallest absolute Gasteiger partial charge is 0.409 e. The summed E-state index contributed by atoms with van der Waals surface area (Å²) >= 11 is 0. The van der Waals surface area contributed by atoms with Gasteiger partial charge in [0.15, 0.2) is 0 Å². The molecule has 1 atom stereocenters. The number of nitrogens with zero attached hydrogens (tertiary/aromatic N) is 2. The Kier molecular flexibility index (Phi) is 21.5. The number of methoxy groups -OCH3 is 1. The van der Waals surface area contributed by atoms with E-state index >= 15 is 0 Å². The second kappa shape index (κ2) is 25.4. The number of hydrogen-bond acceptors (Lipinski definition) is 8. The summed E-state index contributed by atoms with van der Waals surface area (Å²) in [6.07, 6.45) is 16.4. The summed E-state index contributed by atoms with van der Waals surface area (Å²) in [5, 5.41) is 2.08. The first kappa shape index (κ1) is 41.6. The molecule has 49 heavy (non-hydrogen) atoms. The van der Waals surface area contributed by atoms with Crippen LogP contribution in [-0.2, 0) is 23.8 Å². The summed E-state index contributed by atoms with van der Waals surface area (Å²) < 4.78 is 21.8. The minimum absolute atomic E-state index is 0.204. The molecule has 0 aromatic heterocycles. The summed E-state index contributed by atoms with van der Waals surface area (Å²) in [5.41, 5.74) is 0.897. The van der Waals surface area contributed by atoms with Crippen LogP contribution in [0.4, 0.5) is 4.79 Å². The molecule has 1 amide bonds. The molecule has 0 fully saturated rings. The maximum Gasteiger partial charge on any atom is 0.409 e. The SMILES string of the molecule is CCCCCCCC/C=C/CCOC(=O)CCCCN(CCCCOC(=O)C(C)c1ccc2cc(OC)ccc2c1)C(=O)OCCN(C)C. The predicted molar refractivity (Wildman–Crippen MR) is 197 cm³/mol. The molecular formula is C40H62N2O7. The lowest BCUT2D eigenvalue weighted by molar-refractivity contribution is -0.145. The lowest BCUT2D eigenvalue weighted by Gasteiger charge is -2.23. The van der Waals surface area contributed by atoms with Crippen LogP contribution < -0.4 is 4.74 Å². The molecule has 0 radical (unpaired) electrons. The van der Waals surface area contributed by atoms with E-state index in [9.17, 15) is 14.4 Å². The lowest BCUT2D eigenvalue weighted by atomic mass is 9.98. The normalized spacial score (nSPS) is 12.0. The monoisotopic (exact) mass is 682 g/mol. The third-order valence-electron chi connectivity index (χ3n) is 8.51. The number of esters is 2. The van der Waals surface area contributed by atoms with Gasteiger partial charge in [0.05, 0.1) is 26.2 Å². The van der Waals surface area contributed by atoms with Crippen molar-refractivity contribution in [3.8, 4) is 5.75 Å². The minimum Gasteiger partial charge on any atom is -0.497 e. The molecule has 0 N–H and O–H groups in total. The van der Waals surface area contributed by atoms with Gasteiger partial charge >= 0.3 is 18.0 Å². The molecule has 0 bridgehead atoms. The highest BCUT2D eigenvalue weighted by Gasteiger charge is 2.18. The van der Waals surface area contributed by atoms with E-state index in [1.807, 2.05) is 62.3 Å². The van der Waals surface area contributed by atoms with Crippen molar-refractivity contribution in [3.63, 3.8) is 0 Å². The molecule has 1 unspecified atom stereocenters. The fourth-order valence-electron chi connectivity index (χ4n) is 5.34. The van der Waals surface area contributed by atoms with Gasteiger partial charge < -0.3 is 28.7 Å². The number of amides is 1. The average Bonchev–Trinajstić information content (AvgIpc) is 3.10. The second-order valence-corrected chi connectivity index (χ2v) is 13.0. The zero-order chi connectivity index (χ0) is 35.7. The van der Waals surface area contributed by atoms with Crippen LogP contribution in [0.25, 0.3) is 10.8 Å². The number of rotatable bonds is 26. The van der Waals surface area contributed by atoms with Crippen molar-refractivity contribution in [2.24, 2.45) is 0 Å². The fourth-order valence-corrected chi connectivity index (χ4v) is 5.34. The van der Waals surface area contributed by atoms with Gasteiger partial charge in [-0.3, -0.25) is 9.59 Å². The Bertz CT molecular complexity index is 1260. The Hall–Kier alpha value is -3.59. The molecule has 2 aromatic rings. The summed E-state index contributed by atoms with van der Waals surface area (Å²) in [7, 11) is 5.50. The molecule has 0 spiro atoms. The summed E-state index contributed by atoms with van der Waals surface area (Å²) in [6.45, 7) is 6.67. The van der Waals surface area contributed by atoms with E-state index in [1.54, 1.807) is 12.0 Å². The topological polar surface area (TPSA) is 94.6 Å². The first-order valence-corrected chi connectivity index (χ1v) is 18.4. The van der Waals surface area contributed by atoms with Gasteiger partial charge in [-0.1, -0.05) is 75.4 Å². The van der Waals surface area contributed by atoms with Crippen LogP contribution in [0.15, 0.2) is 48.6 Å². The van der Waals surface area contributed by atoms with Gasteiger partial charge in [0, 0.05) is 26.1 Å². The van der Waals surface area contributed by atoms with Crippen LogP contribution in [0.1, 0.15) is 109 Å². The third-order valence-corrected chi connectivity index (χ3v) is 8.51. The second-order valence-electron chi connectivity index (χ2n) is 13.0. The number of allylic oxidation sites excluding steroid dienone is 1. The third kappa shape index (κ3) is 18.1. The molecule has 2 rings (SSSR count). The van der Waals surface area contributed by atoms with E-state index in [0.29, 0.717) is 65.0 Å². The van der Waals surface area contributed by atoms with Gasteiger partial charge in [-0.25, -0.2) is 4.79 Å². The highest BCUT2D eigenvalue weighted by molar-refractivity contribution is 5.86. The highest BCUT2D eigenvalue weighted by atomic mass is 16.6. The molecule has 9 nitrogen and oxygen atoms in total. The number of unbranched alkanes of at least 4 members (excludes halogenated alkanes) is 8. The van der Waals surface area contributed by atoms with Crippen molar-refractivity contribution in [2.75, 3.05) is 60.7 Å². The molecule has 0 saturated heterocycles. The Balaban J connectivity index is 1.68. The Labute approximate surface area is 295 Å². The van der Waals surface area contributed by atoms with Crippen LogP contribution >= 0.6 is 0 Å². The maximum absolute atomic E-state index is 12.8. The van der Waals surface area contributed by atoms with E-state index < -0.39 is 5.92 Å². The fraction of sp³-hybridized carbons (Fsp3) is 0.625. The Morgan fingerprint density at radius 3 is 2.16 bits per heavy atom. The quantitative estimate of drug-likeness (QED) is 0.0421. The Morgan fingerprint density at radius 1 is 0.714 bits per heavy atom. The van der Waals surface area contributed by atoms with Crippen LogP contribution in [-0.4, -0.2) is 88.5 Å². The van der Waals surface area contributed by atoms with Crippen molar-refractivity contribution < 1.29 is 33.3 Å². The lowest BCUT2D eigenvalue weighted by Crippen LogP contribution is -2.35. The van der Waals surface area contributed by atoms with Crippen molar-refractivity contribution >= 4 is 28.8 Å².